The van der Waals surface area contributed by atoms with Crippen LogP contribution >= 0.6 is 0 Å². The van der Waals surface area contributed by atoms with Gasteiger partial charge >= 0.3 is 6.09 Å². The number of nitrogens with zero attached hydrogens (tertiary/aromatic N) is 1. The summed E-state index contributed by atoms with van der Waals surface area (Å²) in [6.07, 6.45) is -0.756. The van der Waals surface area contributed by atoms with Crippen LogP contribution < -0.4 is 5.32 Å². The molecular weight excluding hydrogens is 228 g/mol. The first-order valence-electron chi connectivity index (χ1n) is 5.42. The van der Waals surface area contributed by atoms with Crippen LogP contribution in [0.5, 0.6) is 0 Å². The monoisotopic (exact) mass is 248 g/mol. The Morgan fingerprint density at radius 2 is 2.06 bits per heavy atom. The third kappa shape index (κ3) is 8.61. The molecule has 0 saturated carbocycles. The van der Waals surface area contributed by atoms with Gasteiger partial charge in [0.2, 0.25) is 5.91 Å². The van der Waals surface area contributed by atoms with Crippen molar-refractivity contribution in [1.82, 2.24) is 10.2 Å². The standard InChI is InChI=1S/C10H20N2O5/c1-3-17-10(15)11-9(14)8-12(4-6-13)5-7-16-2/h13H,3-8H2,1-2H3,(H,11,14,15). The van der Waals surface area contributed by atoms with E-state index in [4.69, 9.17) is 9.84 Å². The highest BCUT2D eigenvalue weighted by atomic mass is 16.5. The van der Waals surface area contributed by atoms with Gasteiger partial charge in [-0.05, 0) is 6.92 Å². The number of hydrogen-bond donors (Lipinski definition) is 2. The molecule has 2 amide bonds. The Bertz CT molecular complexity index is 235. The predicted octanol–water partition coefficient (Wildman–Crippen LogP) is -0.800. The van der Waals surface area contributed by atoms with Gasteiger partial charge in [0.05, 0.1) is 26.4 Å². The highest BCUT2D eigenvalue weighted by Crippen LogP contribution is 1.88. The summed E-state index contributed by atoms with van der Waals surface area (Å²) in [6.45, 7) is 3.13. The molecule has 0 spiro atoms. The first-order valence-corrected chi connectivity index (χ1v) is 5.42. The summed E-state index contributed by atoms with van der Waals surface area (Å²) in [4.78, 5) is 24.0. The van der Waals surface area contributed by atoms with Gasteiger partial charge in [0, 0.05) is 20.2 Å². The van der Waals surface area contributed by atoms with Gasteiger partial charge in [0.15, 0.2) is 0 Å². The lowest BCUT2D eigenvalue weighted by Crippen LogP contribution is -2.42. The zero-order valence-corrected chi connectivity index (χ0v) is 10.3. The maximum Gasteiger partial charge on any atom is 0.413 e. The number of rotatable bonds is 8. The second-order valence-corrected chi connectivity index (χ2v) is 3.26. The molecule has 0 aliphatic heterocycles. The van der Waals surface area contributed by atoms with Crippen molar-refractivity contribution in [1.29, 1.82) is 0 Å². The van der Waals surface area contributed by atoms with Gasteiger partial charge in [-0.2, -0.15) is 0 Å². The molecule has 0 saturated heterocycles. The lowest BCUT2D eigenvalue weighted by atomic mass is 10.4. The molecule has 0 aliphatic carbocycles. The van der Waals surface area contributed by atoms with Crippen LogP contribution in [-0.4, -0.2) is 68.6 Å². The molecule has 0 atom stereocenters. The second kappa shape index (κ2) is 10.0. The molecule has 17 heavy (non-hydrogen) atoms. The van der Waals surface area contributed by atoms with E-state index in [2.05, 4.69) is 10.1 Å². The Morgan fingerprint density at radius 1 is 1.35 bits per heavy atom. The highest BCUT2D eigenvalue weighted by molar-refractivity contribution is 5.92. The van der Waals surface area contributed by atoms with E-state index >= 15 is 0 Å². The van der Waals surface area contributed by atoms with Crippen LogP contribution in [0.25, 0.3) is 0 Å². The lowest BCUT2D eigenvalue weighted by molar-refractivity contribution is -0.121. The number of amides is 2. The fourth-order valence-electron chi connectivity index (χ4n) is 1.16. The van der Waals surface area contributed by atoms with Crippen molar-refractivity contribution in [2.24, 2.45) is 0 Å². The van der Waals surface area contributed by atoms with E-state index in [1.165, 1.54) is 0 Å². The van der Waals surface area contributed by atoms with Gasteiger partial charge < -0.3 is 14.6 Å². The summed E-state index contributed by atoms with van der Waals surface area (Å²) in [5.74, 6) is -0.465. The number of hydrogen-bond acceptors (Lipinski definition) is 6. The zero-order valence-electron chi connectivity index (χ0n) is 10.3. The summed E-state index contributed by atoms with van der Waals surface area (Å²) in [7, 11) is 1.55. The molecule has 0 heterocycles. The third-order valence-electron chi connectivity index (χ3n) is 1.91. The van der Waals surface area contributed by atoms with Crippen LogP contribution in [0.2, 0.25) is 0 Å². The number of aliphatic hydroxyl groups excluding tert-OH is 1. The van der Waals surface area contributed by atoms with E-state index in [0.29, 0.717) is 19.7 Å². The summed E-state index contributed by atoms with van der Waals surface area (Å²) >= 11 is 0. The Morgan fingerprint density at radius 3 is 2.59 bits per heavy atom. The van der Waals surface area contributed by atoms with Crippen molar-refractivity contribution in [2.75, 3.05) is 46.6 Å². The van der Waals surface area contributed by atoms with Crippen LogP contribution in [0.4, 0.5) is 4.79 Å². The minimum Gasteiger partial charge on any atom is -0.450 e. The summed E-state index contributed by atoms with van der Waals surface area (Å²) in [5, 5.41) is 10.9. The summed E-state index contributed by atoms with van der Waals surface area (Å²) in [5.41, 5.74) is 0. The summed E-state index contributed by atoms with van der Waals surface area (Å²) in [6, 6.07) is 0. The zero-order chi connectivity index (χ0) is 13.1. The van der Waals surface area contributed by atoms with E-state index in [-0.39, 0.29) is 19.8 Å². The molecule has 7 heteroatoms. The van der Waals surface area contributed by atoms with Gasteiger partial charge in [0.1, 0.15) is 0 Å². The Balaban J connectivity index is 3.97. The fraction of sp³-hybridized carbons (Fsp3) is 0.800. The number of aliphatic hydroxyl groups is 1. The van der Waals surface area contributed by atoms with Gasteiger partial charge in [-0.15, -0.1) is 0 Å². The molecule has 2 N–H and O–H groups in total. The van der Waals surface area contributed by atoms with Crippen LogP contribution in [-0.2, 0) is 14.3 Å². The number of alkyl carbamates (subject to hydrolysis) is 1. The molecule has 0 aromatic carbocycles. The molecule has 0 rings (SSSR count). The molecule has 0 unspecified atom stereocenters. The maximum atomic E-state index is 11.4. The number of ether oxygens (including phenoxy) is 2. The largest absolute Gasteiger partial charge is 0.450 e. The van der Waals surface area contributed by atoms with Crippen molar-refractivity contribution < 1.29 is 24.2 Å². The first kappa shape index (κ1) is 15.8. The van der Waals surface area contributed by atoms with E-state index < -0.39 is 12.0 Å². The van der Waals surface area contributed by atoms with Gasteiger partial charge in [-0.3, -0.25) is 15.0 Å². The Kier molecular flexibility index (Phi) is 9.31. The van der Waals surface area contributed by atoms with Gasteiger partial charge in [-0.1, -0.05) is 0 Å². The van der Waals surface area contributed by atoms with Crippen LogP contribution in [0.15, 0.2) is 0 Å². The molecule has 0 aromatic heterocycles. The van der Waals surface area contributed by atoms with E-state index in [0.717, 1.165) is 0 Å². The van der Waals surface area contributed by atoms with Crippen molar-refractivity contribution in [3.8, 4) is 0 Å². The molecular formula is C10H20N2O5. The average Bonchev–Trinajstić information content (AvgIpc) is 2.26. The van der Waals surface area contributed by atoms with E-state index in [1.807, 2.05) is 0 Å². The van der Waals surface area contributed by atoms with Crippen LogP contribution in [0, 0.1) is 0 Å². The van der Waals surface area contributed by atoms with Crippen molar-refractivity contribution in [3.05, 3.63) is 0 Å². The molecule has 0 radical (unpaired) electrons. The minimum absolute atomic E-state index is 0.0166. The quantitative estimate of drug-likeness (QED) is 0.584. The fourth-order valence-corrected chi connectivity index (χ4v) is 1.16. The highest BCUT2D eigenvalue weighted by Gasteiger charge is 2.13. The lowest BCUT2D eigenvalue weighted by Gasteiger charge is -2.19. The van der Waals surface area contributed by atoms with Gasteiger partial charge in [0.25, 0.3) is 0 Å². The Hall–Kier alpha value is -1.18. The van der Waals surface area contributed by atoms with Crippen LogP contribution in [0.3, 0.4) is 0 Å². The predicted molar refractivity (Wildman–Crippen MR) is 60.6 cm³/mol. The summed E-state index contributed by atoms with van der Waals surface area (Å²) < 4.78 is 9.44. The minimum atomic E-state index is -0.756. The topological polar surface area (TPSA) is 88.1 Å². The van der Waals surface area contributed by atoms with E-state index in [9.17, 15) is 9.59 Å². The molecule has 0 fully saturated rings. The second-order valence-electron chi connectivity index (χ2n) is 3.26. The smallest absolute Gasteiger partial charge is 0.413 e. The maximum absolute atomic E-state index is 11.4. The molecule has 100 valence electrons. The number of carbonyl (C=O) groups is 2. The number of nitrogens with one attached hydrogen (secondary N) is 1. The molecule has 0 aromatic rings. The molecule has 0 bridgehead atoms. The first-order chi connectivity index (χ1) is 8.13. The van der Waals surface area contributed by atoms with Crippen molar-refractivity contribution >= 4 is 12.0 Å². The average molecular weight is 248 g/mol. The molecule has 0 aliphatic rings. The van der Waals surface area contributed by atoms with Crippen LogP contribution in [0.1, 0.15) is 6.92 Å². The van der Waals surface area contributed by atoms with Gasteiger partial charge in [-0.25, -0.2) is 4.79 Å². The SMILES string of the molecule is CCOC(=O)NC(=O)CN(CCO)CCOC. The van der Waals surface area contributed by atoms with E-state index in [1.54, 1.807) is 18.9 Å². The number of imide groups is 1. The molecule has 7 nitrogen and oxygen atoms in total. The normalized spacial score (nSPS) is 10.4. The Labute approximate surface area is 101 Å². The number of methoxy groups -OCH3 is 1. The van der Waals surface area contributed by atoms with Crippen molar-refractivity contribution in [2.45, 2.75) is 6.92 Å². The van der Waals surface area contributed by atoms with Crippen molar-refractivity contribution in [3.63, 3.8) is 0 Å². The third-order valence-corrected chi connectivity index (χ3v) is 1.91. The number of carbonyl (C=O) groups excluding carboxylic acids is 2.